The van der Waals surface area contributed by atoms with Gasteiger partial charge in [-0.2, -0.15) is 0 Å². The number of rotatable bonds is 2. The van der Waals surface area contributed by atoms with E-state index in [9.17, 15) is 0 Å². The number of hydrogen-bond acceptors (Lipinski definition) is 3. The van der Waals surface area contributed by atoms with Crippen molar-refractivity contribution in [3.8, 4) is 22.5 Å². The maximum Gasteiger partial charge on any atom is 0.178 e. The number of halogens is 3. The number of aromatic nitrogens is 1. The van der Waals surface area contributed by atoms with Gasteiger partial charge in [-0.15, -0.1) is 0 Å². The van der Waals surface area contributed by atoms with E-state index in [0.717, 1.165) is 29.2 Å². The van der Waals surface area contributed by atoms with Gasteiger partial charge in [0, 0.05) is 18.1 Å². The van der Waals surface area contributed by atoms with Crippen molar-refractivity contribution in [1.29, 1.82) is 0 Å². The molecule has 106 valence electrons. The van der Waals surface area contributed by atoms with Crippen LogP contribution in [0.15, 0.2) is 55.9 Å². The zero-order valence-electron chi connectivity index (χ0n) is 10.6. The molecule has 21 heavy (non-hydrogen) atoms. The summed E-state index contributed by atoms with van der Waals surface area (Å²) in [6, 6.07) is 13.9. The molecule has 0 atom stereocenters. The molecule has 0 radical (unpaired) electrons. The predicted octanol–water partition coefficient (Wildman–Crippen LogP) is 5.72. The topological polar surface area (TPSA) is 52.0 Å². The summed E-state index contributed by atoms with van der Waals surface area (Å²) < 4.78 is 8.55. The Morgan fingerprint density at radius 1 is 1.05 bits per heavy atom. The molecular formula is C15H9Br2IN2O. The highest BCUT2D eigenvalue weighted by Crippen LogP contribution is 2.40. The third kappa shape index (κ3) is 3.02. The van der Waals surface area contributed by atoms with E-state index < -0.39 is 0 Å². The number of nitrogen functional groups attached to an aromatic ring is 1. The van der Waals surface area contributed by atoms with Gasteiger partial charge < -0.3 is 10.3 Å². The van der Waals surface area contributed by atoms with Gasteiger partial charge in [0.05, 0.1) is 5.56 Å². The summed E-state index contributed by atoms with van der Waals surface area (Å²) in [5.41, 5.74) is 8.72. The smallest absolute Gasteiger partial charge is 0.178 e. The van der Waals surface area contributed by atoms with Crippen LogP contribution in [-0.2, 0) is 0 Å². The standard InChI is InChI=1S/C15H9Br2IN2O/c16-9-3-1-8(2-4-9)13-14(21-20-15(13)19)11-7-10(18)5-6-12(11)17/h1-7H,(H2,19,20). The molecule has 0 aliphatic rings. The average Bonchev–Trinajstić information content (AvgIpc) is 2.84. The SMILES string of the molecule is Nc1noc(-c2cc(I)ccc2Br)c1-c1ccc(Br)cc1. The minimum Gasteiger partial charge on any atom is -0.380 e. The molecule has 0 bridgehead atoms. The maximum atomic E-state index is 6.00. The van der Waals surface area contributed by atoms with Gasteiger partial charge in [0.1, 0.15) is 0 Å². The van der Waals surface area contributed by atoms with Crippen molar-refractivity contribution >= 4 is 60.3 Å². The van der Waals surface area contributed by atoms with Gasteiger partial charge in [-0.3, -0.25) is 0 Å². The molecule has 3 rings (SSSR count). The molecule has 0 aliphatic carbocycles. The summed E-state index contributed by atoms with van der Waals surface area (Å²) in [5.74, 6) is 1.05. The van der Waals surface area contributed by atoms with E-state index in [1.807, 2.05) is 42.5 Å². The Balaban J connectivity index is 2.21. The molecule has 0 saturated carbocycles. The lowest BCUT2D eigenvalue weighted by Gasteiger charge is -2.06. The molecule has 0 spiro atoms. The number of nitrogens with two attached hydrogens (primary N) is 1. The molecule has 6 heteroatoms. The van der Waals surface area contributed by atoms with E-state index in [1.165, 1.54) is 0 Å². The second kappa shape index (κ2) is 6.10. The summed E-state index contributed by atoms with van der Waals surface area (Å²) in [4.78, 5) is 0. The van der Waals surface area contributed by atoms with Crippen LogP contribution in [0, 0.1) is 3.57 Å². The van der Waals surface area contributed by atoms with Crippen molar-refractivity contribution < 1.29 is 4.52 Å². The Morgan fingerprint density at radius 2 is 1.76 bits per heavy atom. The first-order valence-corrected chi connectivity index (χ1v) is 8.69. The van der Waals surface area contributed by atoms with Crippen LogP contribution in [0.1, 0.15) is 0 Å². The van der Waals surface area contributed by atoms with Crippen LogP contribution in [0.25, 0.3) is 22.5 Å². The zero-order valence-corrected chi connectivity index (χ0v) is 15.9. The van der Waals surface area contributed by atoms with Crippen molar-refractivity contribution in [1.82, 2.24) is 5.16 Å². The predicted molar refractivity (Wildman–Crippen MR) is 99.9 cm³/mol. The monoisotopic (exact) mass is 518 g/mol. The molecule has 0 aliphatic heterocycles. The van der Waals surface area contributed by atoms with Crippen LogP contribution in [-0.4, -0.2) is 5.16 Å². The summed E-state index contributed by atoms with van der Waals surface area (Å²) in [5, 5.41) is 3.93. The zero-order chi connectivity index (χ0) is 15.0. The fourth-order valence-electron chi connectivity index (χ4n) is 2.05. The van der Waals surface area contributed by atoms with Gasteiger partial charge in [0.25, 0.3) is 0 Å². The molecule has 1 heterocycles. The van der Waals surface area contributed by atoms with Crippen molar-refractivity contribution in [3.05, 3.63) is 55.0 Å². The third-order valence-electron chi connectivity index (χ3n) is 3.02. The van der Waals surface area contributed by atoms with Crippen molar-refractivity contribution in [3.63, 3.8) is 0 Å². The van der Waals surface area contributed by atoms with E-state index in [0.29, 0.717) is 11.6 Å². The fourth-order valence-corrected chi connectivity index (χ4v) is 3.24. The lowest BCUT2D eigenvalue weighted by molar-refractivity contribution is 0.436. The van der Waals surface area contributed by atoms with Crippen LogP contribution in [0.2, 0.25) is 0 Å². The highest BCUT2D eigenvalue weighted by Gasteiger charge is 2.19. The molecule has 0 saturated heterocycles. The molecule has 0 unspecified atom stereocenters. The lowest BCUT2D eigenvalue weighted by atomic mass is 10.0. The van der Waals surface area contributed by atoms with Gasteiger partial charge in [-0.05, 0) is 58.5 Å². The Morgan fingerprint density at radius 3 is 2.48 bits per heavy atom. The van der Waals surface area contributed by atoms with E-state index in [-0.39, 0.29) is 0 Å². The quantitative estimate of drug-likeness (QED) is 0.441. The minimum absolute atomic E-state index is 0.387. The Hall–Kier alpha value is -0.860. The van der Waals surface area contributed by atoms with Crippen LogP contribution in [0.5, 0.6) is 0 Å². The Labute approximate surface area is 152 Å². The molecular weight excluding hydrogens is 511 g/mol. The lowest BCUT2D eigenvalue weighted by Crippen LogP contribution is -1.89. The summed E-state index contributed by atoms with van der Waals surface area (Å²) in [6.07, 6.45) is 0. The molecule has 0 amide bonds. The number of anilines is 1. The highest BCUT2D eigenvalue weighted by molar-refractivity contribution is 14.1. The summed E-state index contributed by atoms with van der Waals surface area (Å²) in [7, 11) is 0. The van der Waals surface area contributed by atoms with Gasteiger partial charge >= 0.3 is 0 Å². The Bertz CT molecular complexity index is 800. The maximum absolute atomic E-state index is 6.00. The number of nitrogens with zero attached hydrogens (tertiary/aromatic N) is 1. The second-order valence-electron chi connectivity index (χ2n) is 4.40. The van der Waals surface area contributed by atoms with E-state index in [2.05, 4.69) is 59.6 Å². The number of benzene rings is 2. The normalized spacial score (nSPS) is 10.8. The first-order valence-electron chi connectivity index (χ1n) is 6.03. The largest absolute Gasteiger partial charge is 0.380 e. The molecule has 2 aromatic carbocycles. The van der Waals surface area contributed by atoms with Gasteiger partial charge in [0.15, 0.2) is 11.6 Å². The first-order chi connectivity index (χ1) is 10.1. The number of hydrogen-bond donors (Lipinski definition) is 1. The highest BCUT2D eigenvalue weighted by atomic mass is 127. The van der Waals surface area contributed by atoms with Gasteiger partial charge in [-0.1, -0.05) is 49.1 Å². The van der Waals surface area contributed by atoms with Crippen molar-refractivity contribution in [2.24, 2.45) is 0 Å². The first kappa shape index (κ1) is 15.1. The van der Waals surface area contributed by atoms with Crippen molar-refractivity contribution in [2.75, 3.05) is 5.73 Å². The average molecular weight is 520 g/mol. The van der Waals surface area contributed by atoms with Crippen LogP contribution in [0.3, 0.4) is 0 Å². The van der Waals surface area contributed by atoms with Gasteiger partial charge in [-0.25, -0.2) is 0 Å². The molecule has 1 aromatic heterocycles. The van der Waals surface area contributed by atoms with E-state index in [1.54, 1.807) is 0 Å². The van der Waals surface area contributed by atoms with Gasteiger partial charge in [0.2, 0.25) is 0 Å². The van der Waals surface area contributed by atoms with E-state index >= 15 is 0 Å². The Kier molecular flexibility index (Phi) is 4.37. The molecule has 0 fully saturated rings. The third-order valence-corrected chi connectivity index (χ3v) is 4.92. The van der Waals surface area contributed by atoms with Crippen LogP contribution < -0.4 is 5.73 Å². The van der Waals surface area contributed by atoms with Crippen LogP contribution in [0.4, 0.5) is 5.82 Å². The van der Waals surface area contributed by atoms with E-state index in [4.69, 9.17) is 10.3 Å². The summed E-state index contributed by atoms with van der Waals surface area (Å²) in [6.45, 7) is 0. The molecule has 3 aromatic rings. The molecule has 3 nitrogen and oxygen atoms in total. The van der Waals surface area contributed by atoms with Crippen molar-refractivity contribution in [2.45, 2.75) is 0 Å². The second-order valence-corrected chi connectivity index (χ2v) is 7.42. The summed E-state index contributed by atoms with van der Waals surface area (Å²) >= 11 is 9.25. The fraction of sp³-hybridized carbons (Fsp3) is 0. The molecule has 2 N–H and O–H groups in total. The van der Waals surface area contributed by atoms with Crippen LogP contribution >= 0.6 is 54.5 Å². The minimum atomic E-state index is 0.387.